The fourth-order valence-corrected chi connectivity index (χ4v) is 5.22. The van der Waals surface area contributed by atoms with E-state index in [-0.39, 0.29) is 36.0 Å². The second-order valence-corrected chi connectivity index (χ2v) is 8.86. The van der Waals surface area contributed by atoms with Crippen LogP contribution in [0.1, 0.15) is 85.5 Å². The summed E-state index contributed by atoms with van der Waals surface area (Å²) in [6.07, 6.45) is 10.2. The maximum Gasteiger partial charge on any atom is 0.240 e. The molecule has 5 nitrogen and oxygen atoms in total. The molecule has 1 N–H and O–H groups in total. The normalized spacial score (nSPS) is 27.8. The van der Waals surface area contributed by atoms with E-state index in [1.807, 2.05) is 7.05 Å². The second-order valence-electron chi connectivity index (χ2n) is 8.86. The molecule has 1 aliphatic heterocycles. The third kappa shape index (κ3) is 5.46. The van der Waals surface area contributed by atoms with Gasteiger partial charge in [-0.25, -0.2) is 0 Å². The molecule has 0 aromatic carbocycles. The highest BCUT2D eigenvalue weighted by Gasteiger charge is 2.45. The minimum Gasteiger partial charge on any atom is -0.334 e. The predicted octanol–water partition coefficient (Wildman–Crippen LogP) is 3.57. The number of amides is 2. The van der Waals surface area contributed by atoms with Gasteiger partial charge >= 0.3 is 0 Å². The van der Waals surface area contributed by atoms with Crippen LogP contribution in [0.3, 0.4) is 0 Å². The number of fused-ring (bicyclic) bond motifs is 1. The molecule has 2 amide bonds. The lowest BCUT2D eigenvalue weighted by atomic mass is 9.84. The molecule has 1 saturated heterocycles. The van der Waals surface area contributed by atoms with Crippen LogP contribution in [0.2, 0.25) is 0 Å². The molecule has 0 radical (unpaired) electrons. The first-order valence-corrected chi connectivity index (χ1v) is 11.2. The predicted molar refractivity (Wildman–Crippen MR) is 111 cm³/mol. The van der Waals surface area contributed by atoms with Gasteiger partial charge in [0.1, 0.15) is 0 Å². The smallest absolute Gasteiger partial charge is 0.240 e. The Morgan fingerprint density at radius 2 is 1.81 bits per heavy atom. The molecule has 5 atom stereocenters. The summed E-state index contributed by atoms with van der Waals surface area (Å²) in [5.74, 6) is 0.948. The van der Waals surface area contributed by atoms with Gasteiger partial charge in [-0.1, -0.05) is 52.4 Å². The van der Waals surface area contributed by atoms with E-state index in [2.05, 4.69) is 35.9 Å². The van der Waals surface area contributed by atoms with Crippen LogP contribution in [-0.2, 0) is 9.59 Å². The Balaban J connectivity index is 2.07. The van der Waals surface area contributed by atoms with Gasteiger partial charge in [-0.15, -0.1) is 0 Å². The topological polar surface area (TPSA) is 52.7 Å². The third-order valence-corrected chi connectivity index (χ3v) is 6.62. The number of likely N-dealkylation sites (N-methyl/N-ethyl adjacent to an activating group) is 1. The molecule has 2 rings (SSSR count). The Labute approximate surface area is 166 Å². The van der Waals surface area contributed by atoms with Crippen LogP contribution < -0.4 is 5.32 Å². The summed E-state index contributed by atoms with van der Waals surface area (Å²) in [4.78, 5) is 29.8. The first-order chi connectivity index (χ1) is 12.9. The summed E-state index contributed by atoms with van der Waals surface area (Å²) in [6, 6.07) is 0.381. The molecule has 2 aliphatic rings. The van der Waals surface area contributed by atoms with Crippen molar-refractivity contribution < 1.29 is 9.59 Å². The number of nitrogens with zero attached hydrogens (tertiary/aromatic N) is 2. The number of nitrogens with one attached hydrogen (secondary N) is 1. The van der Waals surface area contributed by atoms with Gasteiger partial charge in [0.25, 0.3) is 0 Å². The van der Waals surface area contributed by atoms with E-state index in [1.54, 1.807) is 6.92 Å². The van der Waals surface area contributed by atoms with Gasteiger partial charge in [0.05, 0.1) is 18.1 Å². The zero-order valence-electron chi connectivity index (χ0n) is 18.2. The van der Waals surface area contributed by atoms with Crippen LogP contribution in [0.15, 0.2) is 0 Å². The maximum atomic E-state index is 13.4. The molecule has 0 aromatic rings. The zero-order chi connectivity index (χ0) is 20.0. The SMILES string of the molecule is CCCCCC(C)CC(NC)C(=O)N1CC(C)N(C(C)=O)C2CCCCC21. The number of hydrogen-bond donors (Lipinski definition) is 1. The average molecular weight is 380 g/mol. The van der Waals surface area contributed by atoms with E-state index in [4.69, 9.17) is 0 Å². The third-order valence-electron chi connectivity index (χ3n) is 6.62. The largest absolute Gasteiger partial charge is 0.334 e. The Hall–Kier alpha value is -1.10. The molecule has 156 valence electrons. The molecule has 5 unspecified atom stereocenters. The van der Waals surface area contributed by atoms with Gasteiger partial charge in [0.2, 0.25) is 11.8 Å². The van der Waals surface area contributed by atoms with Crippen LogP contribution in [0, 0.1) is 5.92 Å². The molecule has 0 aromatic heterocycles. The van der Waals surface area contributed by atoms with Gasteiger partial charge in [0.15, 0.2) is 0 Å². The molecule has 27 heavy (non-hydrogen) atoms. The van der Waals surface area contributed by atoms with Crippen molar-refractivity contribution >= 4 is 11.8 Å². The molecule has 1 heterocycles. The van der Waals surface area contributed by atoms with Gasteiger partial charge in [-0.2, -0.15) is 0 Å². The highest BCUT2D eigenvalue weighted by Crippen LogP contribution is 2.33. The van der Waals surface area contributed by atoms with Gasteiger partial charge in [-0.05, 0) is 39.2 Å². The summed E-state index contributed by atoms with van der Waals surface area (Å²) in [5.41, 5.74) is 0. The summed E-state index contributed by atoms with van der Waals surface area (Å²) < 4.78 is 0. The molecular formula is C22H41N3O2. The zero-order valence-corrected chi connectivity index (χ0v) is 18.2. The van der Waals surface area contributed by atoms with Gasteiger partial charge in [0, 0.05) is 19.5 Å². The Kier molecular flexibility index (Phi) is 8.59. The van der Waals surface area contributed by atoms with Crippen molar-refractivity contribution in [2.75, 3.05) is 13.6 Å². The van der Waals surface area contributed by atoms with Crippen molar-refractivity contribution in [3.63, 3.8) is 0 Å². The molecule has 2 fully saturated rings. The lowest BCUT2D eigenvalue weighted by Gasteiger charge is -2.53. The van der Waals surface area contributed by atoms with Crippen LogP contribution in [-0.4, -0.2) is 59.4 Å². The van der Waals surface area contributed by atoms with E-state index in [1.165, 1.54) is 25.7 Å². The van der Waals surface area contributed by atoms with Crippen LogP contribution in [0.5, 0.6) is 0 Å². The van der Waals surface area contributed by atoms with Gasteiger partial charge in [-0.3, -0.25) is 9.59 Å². The average Bonchev–Trinajstić information content (AvgIpc) is 2.64. The van der Waals surface area contributed by atoms with Crippen molar-refractivity contribution in [3.8, 4) is 0 Å². The molecule has 0 spiro atoms. The summed E-state index contributed by atoms with van der Waals surface area (Å²) in [5, 5.41) is 3.29. The Morgan fingerprint density at radius 1 is 1.15 bits per heavy atom. The second kappa shape index (κ2) is 10.4. The van der Waals surface area contributed by atoms with E-state index < -0.39 is 0 Å². The lowest BCUT2D eigenvalue weighted by molar-refractivity contribution is -0.154. The Bertz CT molecular complexity index is 496. The highest BCUT2D eigenvalue weighted by atomic mass is 16.2. The summed E-state index contributed by atoms with van der Waals surface area (Å²) >= 11 is 0. The number of carbonyl (C=O) groups excluding carboxylic acids is 2. The lowest BCUT2D eigenvalue weighted by Crippen LogP contribution is -2.67. The van der Waals surface area contributed by atoms with E-state index in [0.29, 0.717) is 12.5 Å². The number of rotatable bonds is 8. The number of carbonyl (C=O) groups is 2. The van der Waals surface area contributed by atoms with Crippen LogP contribution in [0.4, 0.5) is 0 Å². The van der Waals surface area contributed by atoms with Crippen molar-refractivity contribution in [1.82, 2.24) is 15.1 Å². The van der Waals surface area contributed by atoms with Crippen molar-refractivity contribution in [1.29, 1.82) is 0 Å². The van der Waals surface area contributed by atoms with E-state index >= 15 is 0 Å². The standard InChI is InChI=1S/C22H41N3O2/c1-6-7-8-11-16(2)14-19(23-5)22(27)24-15-17(3)25(18(4)26)21-13-10-9-12-20(21)24/h16-17,19-21,23H,6-15H2,1-5H3. The minimum absolute atomic E-state index is 0.102. The monoisotopic (exact) mass is 379 g/mol. The fourth-order valence-electron chi connectivity index (χ4n) is 5.22. The number of hydrogen-bond acceptors (Lipinski definition) is 3. The summed E-state index contributed by atoms with van der Waals surface area (Å²) in [7, 11) is 1.91. The van der Waals surface area contributed by atoms with Crippen molar-refractivity contribution in [2.24, 2.45) is 5.92 Å². The molecule has 5 heteroatoms. The Morgan fingerprint density at radius 3 is 2.41 bits per heavy atom. The van der Waals surface area contributed by atoms with Crippen LogP contribution >= 0.6 is 0 Å². The summed E-state index contributed by atoms with van der Waals surface area (Å²) in [6.45, 7) is 8.93. The quantitative estimate of drug-likeness (QED) is 0.656. The first kappa shape index (κ1) is 22.2. The minimum atomic E-state index is -0.111. The molecule has 1 saturated carbocycles. The van der Waals surface area contributed by atoms with E-state index in [0.717, 1.165) is 32.1 Å². The van der Waals surface area contributed by atoms with Crippen molar-refractivity contribution in [3.05, 3.63) is 0 Å². The fraction of sp³-hybridized carbons (Fsp3) is 0.909. The molecule has 1 aliphatic carbocycles. The van der Waals surface area contributed by atoms with Crippen LogP contribution in [0.25, 0.3) is 0 Å². The van der Waals surface area contributed by atoms with E-state index in [9.17, 15) is 9.59 Å². The highest BCUT2D eigenvalue weighted by molar-refractivity contribution is 5.83. The van der Waals surface area contributed by atoms with Gasteiger partial charge < -0.3 is 15.1 Å². The number of piperazine rings is 1. The maximum absolute atomic E-state index is 13.4. The number of unbranched alkanes of at least 4 members (excludes halogenated alkanes) is 2. The molecular weight excluding hydrogens is 338 g/mol. The first-order valence-electron chi connectivity index (χ1n) is 11.2. The molecule has 0 bridgehead atoms. The van der Waals surface area contributed by atoms with Crippen molar-refractivity contribution in [2.45, 2.75) is 110 Å².